The Morgan fingerprint density at radius 2 is 2.23 bits per heavy atom. The molecule has 3 amide bonds. The van der Waals surface area contributed by atoms with Crippen molar-refractivity contribution in [2.24, 2.45) is 0 Å². The van der Waals surface area contributed by atoms with Crippen LogP contribution in [-0.2, 0) is 11.3 Å². The molecule has 1 aromatic carbocycles. The first-order valence-corrected chi connectivity index (χ1v) is 9.02. The number of urea groups is 1. The third kappa shape index (κ3) is 4.11. The van der Waals surface area contributed by atoms with Crippen LogP contribution < -0.4 is 5.32 Å². The molecule has 1 atom stereocenters. The molecule has 1 saturated heterocycles. The number of halogens is 1. The summed E-state index contributed by atoms with van der Waals surface area (Å²) in [5.41, 5.74) is 1.86. The number of H-pyrrole nitrogens is 1. The van der Waals surface area contributed by atoms with Crippen LogP contribution in [0.2, 0.25) is 5.02 Å². The van der Waals surface area contributed by atoms with Gasteiger partial charge in [-0.2, -0.15) is 0 Å². The van der Waals surface area contributed by atoms with E-state index in [2.05, 4.69) is 10.3 Å². The molecule has 26 heavy (non-hydrogen) atoms. The van der Waals surface area contributed by atoms with Gasteiger partial charge in [-0.05, 0) is 37.1 Å². The number of piperidine rings is 1. The minimum atomic E-state index is -0.493. The number of aromatic amines is 1. The molecule has 3 rings (SSSR count). The fourth-order valence-corrected chi connectivity index (χ4v) is 3.50. The van der Waals surface area contributed by atoms with E-state index in [9.17, 15) is 9.59 Å². The minimum Gasteiger partial charge on any atom is -0.387 e. The molecule has 0 spiro atoms. The first kappa shape index (κ1) is 18.5. The number of nitrogens with zero attached hydrogens (tertiary/aromatic N) is 2. The summed E-state index contributed by atoms with van der Waals surface area (Å²) in [6, 6.07) is 7.32. The maximum absolute atomic E-state index is 12.5. The van der Waals surface area contributed by atoms with E-state index in [0.717, 1.165) is 29.4 Å². The topological polar surface area (TPSA) is 88.7 Å². The highest BCUT2D eigenvalue weighted by atomic mass is 35.5. The Kier molecular flexibility index (Phi) is 5.68. The van der Waals surface area contributed by atoms with Crippen molar-refractivity contribution in [3.8, 4) is 0 Å². The van der Waals surface area contributed by atoms with Crippen molar-refractivity contribution < 1.29 is 14.7 Å². The summed E-state index contributed by atoms with van der Waals surface area (Å²) in [4.78, 5) is 30.6. The van der Waals surface area contributed by atoms with E-state index in [-0.39, 0.29) is 18.0 Å². The van der Waals surface area contributed by atoms with Crippen LogP contribution in [-0.4, -0.2) is 64.6 Å². The lowest BCUT2D eigenvalue weighted by molar-refractivity contribution is -0.136. The average Bonchev–Trinajstić information content (AvgIpc) is 3.06. The van der Waals surface area contributed by atoms with Crippen LogP contribution in [0, 0.1) is 0 Å². The Morgan fingerprint density at radius 3 is 3.00 bits per heavy atom. The third-order valence-electron chi connectivity index (χ3n) is 4.82. The fraction of sp³-hybridized carbons (Fsp3) is 0.444. The molecule has 7 nitrogen and oxygen atoms in total. The number of aliphatic hydroxyl groups is 1. The minimum absolute atomic E-state index is 0.0548. The lowest BCUT2D eigenvalue weighted by Gasteiger charge is -2.37. The summed E-state index contributed by atoms with van der Waals surface area (Å²) >= 11 is 5.99. The number of fused-ring (bicyclic) bond motifs is 1. The summed E-state index contributed by atoms with van der Waals surface area (Å²) in [5.74, 6) is -0.291. The van der Waals surface area contributed by atoms with Crippen molar-refractivity contribution >= 4 is 34.4 Å². The summed E-state index contributed by atoms with van der Waals surface area (Å²) in [5, 5.41) is 13.6. The van der Waals surface area contributed by atoms with E-state index in [4.69, 9.17) is 16.7 Å². The Morgan fingerprint density at radius 1 is 1.42 bits per heavy atom. The molecule has 8 heteroatoms. The second-order valence-corrected chi connectivity index (χ2v) is 7.03. The number of aromatic nitrogens is 1. The molecule has 2 heterocycles. The van der Waals surface area contributed by atoms with Gasteiger partial charge in [-0.1, -0.05) is 11.6 Å². The Labute approximate surface area is 156 Å². The molecule has 0 radical (unpaired) electrons. The number of likely N-dealkylation sites (tertiary alicyclic amines) is 1. The normalized spacial score (nSPS) is 17.3. The van der Waals surface area contributed by atoms with Gasteiger partial charge in [0.25, 0.3) is 0 Å². The molecule has 1 aliphatic heterocycles. The second kappa shape index (κ2) is 7.97. The number of amides is 3. The Balaban J connectivity index is 1.57. The number of likely N-dealkylation sites (N-methyl/N-ethyl adjacent to an activating group) is 1. The van der Waals surface area contributed by atoms with Gasteiger partial charge in [0.15, 0.2) is 0 Å². The highest BCUT2D eigenvalue weighted by Gasteiger charge is 2.28. The van der Waals surface area contributed by atoms with Crippen molar-refractivity contribution in [1.82, 2.24) is 20.1 Å². The summed E-state index contributed by atoms with van der Waals surface area (Å²) < 4.78 is 0. The van der Waals surface area contributed by atoms with Gasteiger partial charge < -0.3 is 25.2 Å². The molecule has 1 unspecified atom stereocenters. The number of rotatable bonds is 4. The standard InChI is InChI=1S/C18H23ClN4O3/c1-22(15-3-2-6-23(10-15)17(25)11-24)18(26)20-9-14-8-12-7-13(19)4-5-16(12)21-14/h4-5,7-8,15,21,24H,2-3,6,9-11H2,1H3,(H,20,26). The molecule has 1 aliphatic rings. The number of hydrogen-bond donors (Lipinski definition) is 3. The quantitative estimate of drug-likeness (QED) is 0.759. The summed E-state index contributed by atoms with van der Waals surface area (Å²) in [6.45, 7) is 0.964. The van der Waals surface area contributed by atoms with Crippen molar-refractivity contribution in [2.45, 2.75) is 25.4 Å². The predicted octanol–water partition coefficient (Wildman–Crippen LogP) is 1.95. The van der Waals surface area contributed by atoms with E-state index in [1.165, 1.54) is 0 Å². The van der Waals surface area contributed by atoms with E-state index < -0.39 is 6.61 Å². The van der Waals surface area contributed by atoms with Gasteiger partial charge in [-0.25, -0.2) is 4.79 Å². The lowest BCUT2D eigenvalue weighted by atomic mass is 10.0. The van der Waals surface area contributed by atoms with E-state index in [1.807, 2.05) is 24.3 Å². The molecule has 0 bridgehead atoms. The average molecular weight is 379 g/mol. The van der Waals surface area contributed by atoms with Crippen LogP contribution in [0.15, 0.2) is 24.3 Å². The maximum Gasteiger partial charge on any atom is 0.317 e. The van der Waals surface area contributed by atoms with Gasteiger partial charge in [-0.3, -0.25) is 4.79 Å². The predicted molar refractivity (Wildman–Crippen MR) is 100.0 cm³/mol. The molecule has 0 saturated carbocycles. The third-order valence-corrected chi connectivity index (χ3v) is 5.06. The van der Waals surface area contributed by atoms with Crippen LogP contribution in [0.25, 0.3) is 10.9 Å². The van der Waals surface area contributed by atoms with Crippen LogP contribution in [0.1, 0.15) is 18.5 Å². The molecular weight excluding hydrogens is 356 g/mol. The summed E-state index contributed by atoms with van der Waals surface area (Å²) in [7, 11) is 1.73. The van der Waals surface area contributed by atoms with Crippen molar-refractivity contribution in [2.75, 3.05) is 26.7 Å². The zero-order valence-corrected chi connectivity index (χ0v) is 15.4. The monoisotopic (exact) mass is 378 g/mol. The van der Waals surface area contributed by atoms with Gasteiger partial charge >= 0.3 is 6.03 Å². The van der Waals surface area contributed by atoms with Gasteiger partial charge in [0.1, 0.15) is 6.61 Å². The number of aliphatic hydroxyl groups excluding tert-OH is 1. The Bertz CT molecular complexity index is 807. The SMILES string of the molecule is CN(C(=O)NCc1cc2cc(Cl)ccc2[nH]1)C1CCCN(C(=O)CO)C1. The van der Waals surface area contributed by atoms with E-state index >= 15 is 0 Å². The van der Waals surface area contributed by atoms with Crippen LogP contribution in [0.5, 0.6) is 0 Å². The number of carbonyl (C=O) groups excluding carboxylic acids is 2. The molecule has 1 aromatic heterocycles. The number of carbonyl (C=O) groups is 2. The van der Waals surface area contributed by atoms with Crippen LogP contribution in [0.4, 0.5) is 4.79 Å². The lowest BCUT2D eigenvalue weighted by Crippen LogP contribution is -2.52. The highest BCUT2D eigenvalue weighted by molar-refractivity contribution is 6.31. The van der Waals surface area contributed by atoms with E-state index in [1.54, 1.807) is 16.8 Å². The molecule has 140 valence electrons. The first-order chi connectivity index (χ1) is 12.5. The maximum atomic E-state index is 12.5. The zero-order valence-electron chi connectivity index (χ0n) is 14.7. The number of nitrogens with one attached hydrogen (secondary N) is 2. The van der Waals surface area contributed by atoms with Crippen LogP contribution >= 0.6 is 11.6 Å². The summed E-state index contributed by atoms with van der Waals surface area (Å²) in [6.07, 6.45) is 1.65. The fourth-order valence-electron chi connectivity index (χ4n) is 3.32. The molecule has 1 fully saturated rings. The highest BCUT2D eigenvalue weighted by Crippen LogP contribution is 2.20. The molecule has 2 aromatic rings. The first-order valence-electron chi connectivity index (χ1n) is 8.64. The molecule has 3 N–H and O–H groups in total. The van der Waals surface area contributed by atoms with Crippen molar-refractivity contribution in [1.29, 1.82) is 0 Å². The largest absolute Gasteiger partial charge is 0.387 e. The Hall–Kier alpha value is -2.25. The second-order valence-electron chi connectivity index (χ2n) is 6.59. The van der Waals surface area contributed by atoms with Gasteiger partial charge in [0, 0.05) is 41.8 Å². The molecule has 0 aliphatic carbocycles. The number of benzene rings is 1. The van der Waals surface area contributed by atoms with E-state index in [0.29, 0.717) is 24.7 Å². The zero-order chi connectivity index (χ0) is 18.7. The smallest absolute Gasteiger partial charge is 0.317 e. The van der Waals surface area contributed by atoms with Crippen molar-refractivity contribution in [3.63, 3.8) is 0 Å². The van der Waals surface area contributed by atoms with Gasteiger partial charge in [0.2, 0.25) is 5.91 Å². The number of hydrogen-bond acceptors (Lipinski definition) is 3. The molecular formula is C18H23ClN4O3. The van der Waals surface area contributed by atoms with Crippen LogP contribution in [0.3, 0.4) is 0 Å². The van der Waals surface area contributed by atoms with Gasteiger partial charge in [0.05, 0.1) is 12.6 Å². The van der Waals surface area contributed by atoms with Crippen molar-refractivity contribution in [3.05, 3.63) is 35.0 Å². The van der Waals surface area contributed by atoms with Gasteiger partial charge in [-0.15, -0.1) is 0 Å².